The first-order chi connectivity index (χ1) is 12.3. The van der Waals surface area contributed by atoms with Gasteiger partial charge >= 0.3 is 6.09 Å². The zero-order valence-corrected chi connectivity index (χ0v) is 15.4. The van der Waals surface area contributed by atoms with Gasteiger partial charge in [-0.05, 0) is 44.9 Å². The molecule has 2 amide bonds. The molecule has 8 heteroatoms. The van der Waals surface area contributed by atoms with Gasteiger partial charge in [0.05, 0.1) is 0 Å². The zero-order chi connectivity index (χ0) is 19.0. The normalized spacial score (nSPS) is 11.0. The molecule has 0 spiro atoms. The molecule has 0 fully saturated rings. The Morgan fingerprint density at radius 3 is 2.73 bits per heavy atom. The quantitative estimate of drug-likeness (QED) is 0.739. The van der Waals surface area contributed by atoms with Crippen LogP contribution in [0.5, 0.6) is 0 Å². The topological polar surface area (TPSA) is 98.1 Å². The highest BCUT2D eigenvalue weighted by atomic mass is 16.6. The lowest BCUT2D eigenvalue weighted by Gasteiger charge is -2.19. The van der Waals surface area contributed by atoms with Crippen LogP contribution in [0.15, 0.2) is 37.1 Å². The summed E-state index contributed by atoms with van der Waals surface area (Å²) in [5, 5.41) is 5.50. The molecule has 2 heterocycles. The van der Waals surface area contributed by atoms with Gasteiger partial charge in [0.2, 0.25) is 5.91 Å². The number of alkyl carbamates (subject to hydrolysis) is 1. The minimum absolute atomic E-state index is 0.0722. The number of rotatable bonds is 7. The van der Waals surface area contributed by atoms with E-state index in [1.54, 1.807) is 44.1 Å². The highest BCUT2D eigenvalue weighted by molar-refractivity contribution is 5.76. The number of nitrogens with one attached hydrogen (secondary N) is 2. The van der Waals surface area contributed by atoms with Gasteiger partial charge in [-0.2, -0.15) is 0 Å². The van der Waals surface area contributed by atoms with E-state index in [9.17, 15) is 9.59 Å². The monoisotopic (exact) mass is 359 g/mol. The van der Waals surface area contributed by atoms with Crippen molar-refractivity contribution >= 4 is 12.0 Å². The maximum absolute atomic E-state index is 11.9. The second-order valence-electron chi connectivity index (χ2n) is 6.80. The van der Waals surface area contributed by atoms with Crippen molar-refractivity contribution in [1.82, 2.24) is 25.2 Å². The maximum Gasteiger partial charge on any atom is 0.407 e. The average molecular weight is 359 g/mol. The number of amides is 2. The van der Waals surface area contributed by atoms with Gasteiger partial charge in [-0.3, -0.25) is 9.36 Å². The van der Waals surface area contributed by atoms with Crippen LogP contribution < -0.4 is 10.6 Å². The van der Waals surface area contributed by atoms with Crippen molar-refractivity contribution in [3.63, 3.8) is 0 Å². The van der Waals surface area contributed by atoms with Gasteiger partial charge in [0.1, 0.15) is 17.7 Å². The van der Waals surface area contributed by atoms with E-state index in [0.717, 1.165) is 11.4 Å². The molecule has 0 aliphatic rings. The predicted molar refractivity (Wildman–Crippen MR) is 96.7 cm³/mol. The van der Waals surface area contributed by atoms with Crippen molar-refractivity contribution in [2.45, 2.75) is 45.8 Å². The molecule has 0 aliphatic carbocycles. The molecule has 0 saturated carbocycles. The summed E-state index contributed by atoms with van der Waals surface area (Å²) in [4.78, 5) is 31.7. The van der Waals surface area contributed by atoms with Crippen LogP contribution in [0, 0.1) is 0 Å². The number of hydrogen-bond donors (Lipinski definition) is 2. The summed E-state index contributed by atoms with van der Waals surface area (Å²) in [6.45, 7) is 6.22. The number of aromatic nitrogens is 3. The van der Waals surface area contributed by atoms with Crippen molar-refractivity contribution in [1.29, 1.82) is 0 Å². The third-order valence-electron chi connectivity index (χ3n) is 3.32. The summed E-state index contributed by atoms with van der Waals surface area (Å²) in [6.07, 6.45) is 7.26. The van der Waals surface area contributed by atoms with Crippen molar-refractivity contribution in [3.05, 3.63) is 42.6 Å². The molecule has 0 aliphatic heterocycles. The number of nitrogens with zero attached hydrogens (tertiary/aromatic N) is 3. The van der Waals surface area contributed by atoms with E-state index in [0.29, 0.717) is 25.9 Å². The van der Waals surface area contributed by atoms with Gasteiger partial charge in [0.15, 0.2) is 0 Å². The van der Waals surface area contributed by atoms with E-state index >= 15 is 0 Å². The van der Waals surface area contributed by atoms with E-state index in [1.165, 1.54) is 0 Å². The summed E-state index contributed by atoms with van der Waals surface area (Å²) >= 11 is 0. The van der Waals surface area contributed by atoms with Crippen molar-refractivity contribution in [2.75, 3.05) is 6.54 Å². The van der Waals surface area contributed by atoms with Crippen LogP contribution in [0.2, 0.25) is 0 Å². The number of imidazole rings is 1. The fourth-order valence-corrected chi connectivity index (χ4v) is 2.15. The van der Waals surface area contributed by atoms with E-state index in [2.05, 4.69) is 20.6 Å². The van der Waals surface area contributed by atoms with E-state index in [1.807, 2.05) is 18.3 Å². The summed E-state index contributed by atoms with van der Waals surface area (Å²) in [5.74, 6) is 0.674. The van der Waals surface area contributed by atoms with Gasteiger partial charge in [-0.15, -0.1) is 0 Å². The Labute approximate surface area is 153 Å². The first-order valence-electron chi connectivity index (χ1n) is 8.50. The van der Waals surface area contributed by atoms with E-state index in [-0.39, 0.29) is 5.91 Å². The summed E-state index contributed by atoms with van der Waals surface area (Å²) in [6, 6.07) is 3.75. The number of pyridine rings is 1. The second-order valence-corrected chi connectivity index (χ2v) is 6.80. The van der Waals surface area contributed by atoms with E-state index < -0.39 is 11.7 Å². The number of ether oxygens (including phenoxy) is 1. The number of carbonyl (C=O) groups is 2. The largest absolute Gasteiger partial charge is 0.444 e. The molecule has 0 saturated heterocycles. The molecule has 0 unspecified atom stereocenters. The lowest BCUT2D eigenvalue weighted by molar-refractivity contribution is -0.121. The van der Waals surface area contributed by atoms with Gasteiger partial charge in [-0.25, -0.2) is 14.8 Å². The van der Waals surface area contributed by atoms with Gasteiger partial charge in [0.25, 0.3) is 0 Å². The van der Waals surface area contributed by atoms with Crippen LogP contribution in [0.4, 0.5) is 4.79 Å². The highest BCUT2D eigenvalue weighted by Crippen LogP contribution is 2.07. The molecule has 2 N–H and O–H groups in total. The Morgan fingerprint density at radius 1 is 1.23 bits per heavy atom. The number of hydrogen-bond acceptors (Lipinski definition) is 5. The van der Waals surface area contributed by atoms with Crippen LogP contribution in [-0.2, 0) is 16.1 Å². The molecule has 0 atom stereocenters. The molecule has 0 radical (unpaired) electrons. The molecule has 8 nitrogen and oxygen atoms in total. The maximum atomic E-state index is 11.9. The fraction of sp³-hybridized carbons (Fsp3) is 0.444. The molecule has 26 heavy (non-hydrogen) atoms. The van der Waals surface area contributed by atoms with E-state index in [4.69, 9.17) is 4.74 Å². The summed E-state index contributed by atoms with van der Waals surface area (Å²) < 4.78 is 6.93. The predicted octanol–water partition coefficient (Wildman–Crippen LogP) is 2.19. The average Bonchev–Trinajstić information content (AvgIpc) is 3.10. The van der Waals surface area contributed by atoms with Crippen LogP contribution in [0.3, 0.4) is 0 Å². The SMILES string of the molecule is CC(C)(C)OC(=O)NCCCC(=O)NCc1ccnc(-n2ccnc2)c1. The number of carbonyl (C=O) groups excluding carboxylic acids is 2. The minimum Gasteiger partial charge on any atom is -0.444 e. The lowest BCUT2D eigenvalue weighted by Crippen LogP contribution is -2.33. The fourth-order valence-electron chi connectivity index (χ4n) is 2.15. The highest BCUT2D eigenvalue weighted by Gasteiger charge is 2.15. The third-order valence-corrected chi connectivity index (χ3v) is 3.32. The third kappa shape index (κ3) is 6.92. The molecular weight excluding hydrogens is 334 g/mol. The Hall–Kier alpha value is -2.90. The first kappa shape index (κ1) is 19.4. The molecule has 2 aromatic heterocycles. The standard InChI is InChI=1S/C18H25N5O3/c1-18(2,3)26-17(25)21-7-4-5-16(24)22-12-14-6-8-20-15(11-14)23-10-9-19-13-23/h6,8-11,13H,4-5,7,12H2,1-3H3,(H,21,25)(H,22,24). The van der Waals surface area contributed by atoms with Crippen LogP contribution >= 0.6 is 0 Å². The van der Waals surface area contributed by atoms with Gasteiger partial charge < -0.3 is 15.4 Å². The smallest absolute Gasteiger partial charge is 0.407 e. The molecule has 2 aromatic rings. The molecule has 140 valence electrons. The first-order valence-corrected chi connectivity index (χ1v) is 8.50. The zero-order valence-electron chi connectivity index (χ0n) is 15.4. The Morgan fingerprint density at radius 2 is 2.04 bits per heavy atom. The Bertz CT molecular complexity index is 723. The summed E-state index contributed by atoms with van der Waals surface area (Å²) in [5.41, 5.74) is 0.422. The Balaban J connectivity index is 1.68. The van der Waals surface area contributed by atoms with Crippen molar-refractivity contribution in [3.8, 4) is 5.82 Å². The van der Waals surface area contributed by atoms with Gasteiger partial charge in [0, 0.05) is 38.1 Å². The molecule has 0 aromatic carbocycles. The van der Waals surface area contributed by atoms with Crippen LogP contribution in [0.1, 0.15) is 39.2 Å². The second kappa shape index (κ2) is 8.98. The van der Waals surface area contributed by atoms with Crippen molar-refractivity contribution in [2.24, 2.45) is 0 Å². The Kier molecular flexibility index (Phi) is 6.71. The van der Waals surface area contributed by atoms with Crippen molar-refractivity contribution < 1.29 is 14.3 Å². The summed E-state index contributed by atoms with van der Waals surface area (Å²) in [7, 11) is 0. The van der Waals surface area contributed by atoms with Crippen LogP contribution in [0.25, 0.3) is 5.82 Å². The lowest BCUT2D eigenvalue weighted by atomic mass is 10.2. The molecular formula is C18H25N5O3. The van der Waals surface area contributed by atoms with Crippen LogP contribution in [-0.4, -0.2) is 38.7 Å². The van der Waals surface area contributed by atoms with Gasteiger partial charge in [-0.1, -0.05) is 0 Å². The molecule has 2 rings (SSSR count). The minimum atomic E-state index is -0.526. The molecule has 0 bridgehead atoms.